The summed E-state index contributed by atoms with van der Waals surface area (Å²) in [6.45, 7) is 7.35. The van der Waals surface area contributed by atoms with Crippen LogP contribution in [0.15, 0.2) is 0 Å². The highest BCUT2D eigenvalue weighted by Gasteiger charge is 2.46. The minimum Gasteiger partial charge on any atom is -0.392 e. The van der Waals surface area contributed by atoms with Gasteiger partial charge in [-0.2, -0.15) is 0 Å². The molecule has 3 heteroatoms. The van der Waals surface area contributed by atoms with Crippen LogP contribution in [0.4, 0.5) is 0 Å². The summed E-state index contributed by atoms with van der Waals surface area (Å²) in [5, 5.41) is 12.3. The Morgan fingerprint density at radius 2 is 2.14 bits per heavy atom. The summed E-state index contributed by atoms with van der Waals surface area (Å²) in [5.41, 5.74) is 0.754. The van der Waals surface area contributed by atoms with E-state index in [4.69, 9.17) is 5.11 Å². The lowest BCUT2D eigenvalue weighted by Crippen LogP contribution is -2.60. The number of hydrogen-bond donors (Lipinski definition) is 2. The van der Waals surface area contributed by atoms with Gasteiger partial charge in [0.2, 0.25) is 0 Å². The zero-order chi connectivity index (χ0) is 10.0. The van der Waals surface area contributed by atoms with Gasteiger partial charge in [0.25, 0.3) is 0 Å². The SMILES string of the molecule is CC(O)CNCCN1CC2(CCC2)C1. The smallest absolute Gasteiger partial charge is 0.0636 e. The molecule has 14 heavy (non-hydrogen) atoms. The molecule has 0 aromatic carbocycles. The highest BCUT2D eigenvalue weighted by atomic mass is 16.3. The Bertz CT molecular complexity index is 182. The van der Waals surface area contributed by atoms with E-state index in [-0.39, 0.29) is 6.10 Å². The van der Waals surface area contributed by atoms with Crippen LogP contribution in [0.5, 0.6) is 0 Å². The molecule has 2 N–H and O–H groups in total. The zero-order valence-corrected chi connectivity index (χ0v) is 9.13. The lowest BCUT2D eigenvalue weighted by molar-refractivity contribution is -0.0586. The lowest BCUT2D eigenvalue weighted by Gasteiger charge is -2.56. The van der Waals surface area contributed by atoms with E-state index in [1.165, 1.54) is 32.4 Å². The van der Waals surface area contributed by atoms with Crippen molar-refractivity contribution in [3.63, 3.8) is 0 Å². The van der Waals surface area contributed by atoms with E-state index >= 15 is 0 Å². The average molecular weight is 198 g/mol. The minimum atomic E-state index is -0.218. The molecular formula is C11H22N2O. The maximum absolute atomic E-state index is 9.04. The van der Waals surface area contributed by atoms with Gasteiger partial charge in [0.1, 0.15) is 0 Å². The first kappa shape index (κ1) is 10.4. The summed E-state index contributed by atoms with van der Waals surface area (Å²) in [5.74, 6) is 0. The maximum atomic E-state index is 9.04. The van der Waals surface area contributed by atoms with E-state index in [2.05, 4.69) is 10.2 Å². The number of hydrogen-bond acceptors (Lipinski definition) is 3. The maximum Gasteiger partial charge on any atom is 0.0636 e. The molecule has 1 saturated carbocycles. The van der Waals surface area contributed by atoms with E-state index in [1.807, 2.05) is 6.92 Å². The van der Waals surface area contributed by atoms with Crippen LogP contribution in [0.1, 0.15) is 26.2 Å². The normalized spacial score (nSPS) is 27.0. The molecule has 0 aromatic rings. The molecule has 1 spiro atoms. The van der Waals surface area contributed by atoms with Gasteiger partial charge in [0.05, 0.1) is 6.10 Å². The van der Waals surface area contributed by atoms with Crippen LogP contribution in [-0.4, -0.2) is 48.8 Å². The van der Waals surface area contributed by atoms with Gasteiger partial charge in [-0.15, -0.1) is 0 Å². The number of aliphatic hydroxyl groups excluding tert-OH is 1. The van der Waals surface area contributed by atoms with Crippen LogP contribution in [0.3, 0.4) is 0 Å². The molecule has 2 fully saturated rings. The standard InChI is InChI=1S/C11H22N2O/c1-10(14)7-12-5-6-13-8-11(9-13)3-2-4-11/h10,12,14H,2-9H2,1H3. The van der Waals surface area contributed by atoms with Crippen LogP contribution in [-0.2, 0) is 0 Å². The molecule has 82 valence electrons. The number of nitrogens with zero attached hydrogens (tertiary/aromatic N) is 1. The highest BCUT2D eigenvalue weighted by molar-refractivity contribution is 5.00. The van der Waals surface area contributed by atoms with Gasteiger partial charge in [-0.05, 0) is 25.2 Å². The Labute approximate surface area is 86.5 Å². The fourth-order valence-electron chi connectivity index (χ4n) is 2.60. The number of aliphatic hydroxyl groups is 1. The van der Waals surface area contributed by atoms with Crippen LogP contribution in [0.2, 0.25) is 0 Å². The molecule has 1 heterocycles. The number of likely N-dealkylation sites (tertiary alicyclic amines) is 1. The van der Waals surface area contributed by atoms with Crippen molar-refractivity contribution in [2.75, 3.05) is 32.7 Å². The van der Waals surface area contributed by atoms with E-state index < -0.39 is 0 Å². The minimum absolute atomic E-state index is 0.218. The van der Waals surface area contributed by atoms with Crippen molar-refractivity contribution >= 4 is 0 Å². The molecule has 1 aliphatic carbocycles. The van der Waals surface area contributed by atoms with Crippen molar-refractivity contribution in [2.24, 2.45) is 5.41 Å². The zero-order valence-electron chi connectivity index (χ0n) is 9.13. The highest BCUT2D eigenvalue weighted by Crippen LogP contribution is 2.47. The molecule has 0 bridgehead atoms. The van der Waals surface area contributed by atoms with Crippen LogP contribution >= 0.6 is 0 Å². The molecule has 3 nitrogen and oxygen atoms in total. The first-order valence-corrected chi connectivity index (χ1v) is 5.81. The van der Waals surface area contributed by atoms with E-state index in [0.29, 0.717) is 0 Å². The molecule has 1 aliphatic heterocycles. The molecule has 2 aliphatic rings. The summed E-state index contributed by atoms with van der Waals surface area (Å²) in [7, 11) is 0. The summed E-state index contributed by atoms with van der Waals surface area (Å²) in [6.07, 6.45) is 4.16. The van der Waals surface area contributed by atoms with Crippen molar-refractivity contribution in [1.29, 1.82) is 0 Å². The van der Waals surface area contributed by atoms with Gasteiger partial charge in [-0.25, -0.2) is 0 Å². The number of rotatable bonds is 5. The Morgan fingerprint density at radius 3 is 2.64 bits per heavy atom. The van der Waals surface area contributed by atoms with Crippen molar-refractivity contribution in [1.82, 2.24) is 10.2 Å². The van der Waals surface area contributed by atoms with Crippen LogP contribution < -0.4 is 5.32 Å². The van der Waals surface area contributed by atoms with Gasteiger partial charge < -0.3 is 15.3 Å². The Hall–Kier alpha value is -0.120. The second-order valence-corrected chi connectivity index (χ2v) is 5.12. The average Bonchev–Trinajstić information content (AvgIpc) is 1.96. The number of nitrogens with one attached hydrogen (secondary N) is 1. The van der Waals surface area contributed by atoms with Gasteiger partial charge in [0, 0.05) is 32.7 Å². The second-order valence-electron chi connectivity index (χ2n) is 5.12. The Morgan fingerprint density at radius 1 is 1.43 bits per heavy atom. The third kappa shape index (κ3) is 2.27. The van der Waals surface area contributed by atoms with Crippen molar-refractivity contribution in [3.8, 4) is 0 Å². The molecular weight excluding hydrogens is 176 g/mol. The molecule has 1 saturated heterocycles. The van der Waals surface area contributed by atoms with Crippen LogP contribution in [0, 0.1) is 5.41 Å². The first-order valence-electron chi connectivity index (χ1n) is 5.81. The van der Waals surface area contributed by atoms with Gasteiger partial charge in [-0.3, -0.25) is 0 Å². The molecule has 1 unspecified atom stereocenters. The van der Waals surface area contributed by atoms with Gasteiger partial charge in [-0.1, -0.05) is 6.42 Å². The monoisotopic (exact) mass is 198 g/mol. The molecule has 0 amide bonds. The van der Waals surface area contributed by atoms with Crippen LogP contribution in [0.25, 0.3) is 0 Å². The van der Waals surface area contributed by atoms with E-state index in [9.17, 15) is 0 Å². The van der Waals surface area contributed by atoms with E-state index in [1.54, 1.807) is 0 Å². The predicted molar refractivity (Wildman–Crippen MR) is 57.3 cm³/mol. The Balaban J connectivity index is 1.48. The Kier molecular flexibility index (Phi) is 3.10. The first-order chi connectivity index (χ1) is 6.70. The molecule has 0 aromatic heterocycles. The largest absolute Gasteiger partial charge is 0.392 e. The van der Waals surface area contributed by atoms with Crippen molar-refractivity contribution in [2.45, 2.75) is 32.3 Å². The van der Waals surface area contributed by atoms with Crippen molar-refractivity contribution < 1.29 is 5.11 Å². The quantitative estimate of drug-likeness (QED) is 0.629. The summed E-state index contributed by atoms with van der Waals surface area (Å²) < 4.78 is 0. The van der Waals surface area contributed by atoms with Gasteiger partial charge >= 0.3 is 0 Å². The van der Waals surface area contributed by atoms with E-state index in [0.717, 1.165) is 25.0 Å². The summed E-state index contributed by atoms with van der Waals surface area (Å²) in [6, 6.07) is 0. The lowest BCUT2D eigenvalue weighted by atomic mass is 9.63. The topological polar surface area (TPSA) is 35.5 Å². The third-order valence-corrected chi connectivity index (χ3v) is 3.58. The fraction of sp³-hybridized carbons (Fsp3) is 1.00. The summed E-state index contributed by atoms with van der Waals surface area (Å²) >= 11 is 0. The second kappa shape index (κ2) is 4.17. The van der Waals surface area contributed by atoms with Gasteiger partial charge in [0.15, 0.2) is 0 Å². The summed E-state index contributed by atoms with van der Waals surface area (Å²) in [4.78, 5) is 2.52. The molecule has 1 atom stereocenters. The fourth-order valence-corrected chi connectivity index (χ4v) is 2.60. The molecule has 2 rings (SSSR count). The third-order valence-electron chi connectivity index (χ3n) is 3.58. The predicted octanol–water partition coefficient (Wildman–Crippen LogP) is 0.443. The van der Waals surface area contributed by atoms with Crippen molar-refractivity contribution in [3.05, 3.63) is 0 Å². The molecule has 0 radical (unpaired) electrons.